The van der Waals surface area contributed by atoms with Crippen molar-refractivity contribution in [3.05, 3.63) is 95.6 Å². The Morgan fingerprint density at radius 2 is 1.27 bits per heavy atom. The molecule has 3 rings (SSSR count). The zero-order chi connectivity index (χ0) is 15.4. The first-order chi connectivity index (χ1) is 10.8. The first kappa shape index (κ1) is 14.2. The van der Waals surface area contributed by atoms with Crippen molar-refractivity contribution in [3.8, 4) is 5.75 Å². The molecule has 2 heteroatoms. The van der Waals surface area contributed by atoms with Crippen LogP contribution >= 0.6 is 0 Å². The van der Waals surface area contributed by atoms with Crippen molar-refractivity contribution in [2.24, 2.45) is 0 Å². The van der Waals surface area contributed by atoms with Crippen LogP contribution in [0.25, 0.3) is 0 Å². The molecule has 2 N–H and O–H groups in total. The van der Waals surface area contributed by atoms with E-state index in [0.29, 0.717) is 5.69 Å². The molecular weight excluding hydrogens is 270 g/mol. The maximum atomic E-state index is 6.34. The molecule has 0 aromatic heterocycles. The molecule has 3 aromatic rings. The number of methoxy groups -OCH3 is 1. The summed E-state index contributed by atoms with van der Waals surface area (Å²) in [5.41, 5.74) is 10.5. The number of ether oxygens (including phenoxy) is 1. The van der Waals surface area contributed by atoms with E-state index in [1.165, 1.54) is 11.1 Å². The highest BCUT2D eigenvalue weighted by Crippen LogP contribution is 2.38. The Hall–Kier alpha value is -2.74. The van der Waals surface area contributed by atoms with Gasteiger partial charge in [0, 0.05) is 5.92 Å². The van der Waals surface area contributed by atoms with Gasteiger partial charge in [-0.15, -0.1) is 0 Å². The molecule has 0 spiro atoms. The highest BCUT2D eigenvalue weighted by Gasteiger charge is 2.20. The summed E-state index contributed by atoms with van der Waals surface area (Å²) in [4.78, 5) is 0. The molecule has 0 aliphatic rings. The molecule has 0 atom stereocenters. The minimum absolute atomic E-state index is 0.0949. The van der Waals surface area contributed by atoms with Crippen LogP contribution in [-0.4, -0.2) is 7.11 Å². The van der Waals surface area contributed by atoms with Crippen molar-refractivity contribution in [2.45, 2.75) is 5.92 Å². The Labute approximate surface area is 131 Å². The molecule has 0 aliphatic carbocycles. The summed E-state index contributed by atoms with van der Waals surface area (Å²) in [7, 11) is 1.65. The number of benzene rings is 3. The Morgan fingerprint density at radius 3 is 1.77 bits per heavy atom. The van der Waals surface area contributed by atoms with E-state index in [2.05, 4.69) is 54.6 Å². The van der Waals surface area contributed by atoms with Crippen molar-refractivity contribution in [1.29, 1.82) is 0 Å². The summed E-state index contributed by atoms with van der Waals surface area (Å²) in [5.74, 6) is 0.812. The molecule has 0 bridgehead atoms. The van der Waals surface area contributed by atoms with Crippen LogP contribution in [0.3, 0.4) is 0 Å². The van der Waals surface area contributed by atoms with E-state index in [9.17, 15) is 0 Å². The molecular formula is C20H19NO. The van der Waals surface area contributed by atoms with Crippen LogP contribution in [-0.2, 0) is 0 Å². The van der Waals surface area contributed by atoms with Crippen LogP contribution in [0, 0.1) is 0 Å². The third-order valence-corrected chi connectivity index (χ3v) is 3.90. The van der Waals surface area contributed by atoms with Gasteiger partial charge in [0.1, 0.15) is 5.75 Å². The summed E-state index contributed by atoms with van der Waals surface area (Å²) >= 11 is 0. The molecule has 110 valence electrons. The molecule has 0 unspecified atom stereocenters. The van der Waals surface area contributed by atoms with Gasteiger partial charge in [0.15, 0.2) is 0 Å². The van der Waals surface area contributed by atoms with E-state index in [0.717, 1.165) is 11.3 Å². The molecule has 22 heavy (non-hydrogen) atoms. The van der Waals surface area contributed by atoms with Crippen molar-refractivity contribution in [1.82, 2.24) is 0 Å². The molecule has 0 saturated carbocycles. The normalized spacial score (nSPS) is 10.6. The lowest BCUT2D eigenvalue weighted by Crippen LogP contribution is -2.07. The zero-order valence-electron chi connectivity index (χ0n) is 12.6. The van der Waals surface area contributed by atoms with Crippen LogP contribution in [0.4, 0.5) is 5.69 Å². The van der Waals surface area contributed by atoms with Gasteiger partial charge in [-0.25, -0.2) is 0 Å². The van der Waals surface area contributed by atoms with Crippen molar-refractivity contribution in [2.75, 3.05) is 12.8 Å². The Morgan fingerprint density at radius 1 is 0.727 bits per heavy atom. The second-order valence-electron chi connectivity index (χ2n) is 5.22. The molecule has 0 saturated heterocycles. The predicted octanol–water partition coefficient (Wildman–Crippen LogP) is 4.46. The quantitative estimate of drug-likeness (QED) is 0.568. The molecule has 0 aliphatic heterocycles. The van der Waals surface area contributed by atoms with Gasteiger partial charge in [-0.2, -0.15) is 0 Å². The maximum absolute atomic E-state index is 6.34. The standard InChI is InChI=1S/C20H19NO/c1-22-18-14-8-13-17(20(18)21)19(15-9-4-2-5-10-15)16-11-6-3-7-12-16/h2-14,19H,21H2,1H3. The van der Waals surface area contributed by atoms with Crippen LogP contribution in [0.15, 0.2) is 78.9 Å². The van der Waals surface area contributed by atoms with E-state index in [4.69, 9.17) is 10.5 Å². The number of para-hydroxylation sites is 1. The fraction of sp³-hybridized carbons (Fsp3) is 0.100. The first-order valence-corrected chi connectivity index (χ1v) is 7.33. The van der Waals surface area contributed by atoms with E-state index in [1.807, 2.05) is 24.3 Å². The van der Waals surface area contributed by atoms with Gasteiger partial charge in [0.05, 0.1) is 12.8 Å². The number of hydrogen-bond acceptors (Lipinski definition) is 2. The summed E-state index contributed by atoms with van der Waals surface area (Å²) in [6, 6.07) is 26.8. The molecule has 0 amide bonds. The topological polar surface area (TPSA) is 35.2 Å². The van der Waals surface area contributed by atoms with E-state index < -0.39 is 0 Å². The van der Waals surface area contributed by atoms with Gasteiger partial charge in [-0.05, 0) is 22.8 Å². The number of anilines is 1. The summed E-state index contributed by atoms with van der Waals surface area (Å²) < 4.78 is 5.38. The lowest BCUT2D eigenvalue weighted by molar-refractivity contribution is 0.416. The van der Waals surface area contributed by atoms with Crippen molar-refractivity contribution >= 4 is 5.69 Å². The van der Waals surface area contributed by atoms with Gasteiger partial charge < -0.3 is 10.5 Å². The van der Waals surface area contributed by atoms with Crippen LogP contribution in [0.2, 0.25) is 0 Å². The Balaban J connectivity index is 2.19. The van der Waals surface area contributed by atoms with E-state index in [1.54, 1.807) is 7.11 Å². The number of nitrogens with two attached hydrogens (primary N) is 1. The fourth-order valence-corrected chi connectivity index (χ4v) is 2.83. The minimum atomic E-state index is 0.0949. The maximum Gasteiger partial charge on any atom is 0.142 e. The predicted molar refractivity (Wildman–Crippen MR) is 91.2 cm³/mol. The van der Waals surface area contributed by atoms with Gasteiger partial charge in [0.2, 0.25) is 0 Å². The molecule has 2 nitrogen and oxygen atoms in total. The molecule has 0 radical (unpaired) electrons. The average Bonchev–Trinajstić information content (AvgIpc) is 2.59. The van der Waals surface area contributed by atoms with Gasteiger partial charge in [-0.3, -0.25) is 0 Å². The first-order valence-electron chi connectivity index (χ1n) is 7.33. The summed E-state index contributed by atoms with van der Waals surface area (Å²) in [6.45, 7) is 0. The third kappa shape index (κ3) is 2.68. The molecule has 3 aromatic carbocycles. The lowest BCUT2D eigenvalue weighted by Gasteiger charge is -2.21. The second-order valence-corrected chi connectivity index (χ2v) is 5.22. The lowest BCUT2D eigenvalue weighted by atomic mass is 9.84. The van der Waals surface area contributed by atoms with Crippen LogP contribution < -0.4 is 10.5 Å². The molecule has 0 heterocycles. The zero-order valence-corrected chi connectivity index (χ0v) is 12.6. The Bertz CT molecular complexity index is 699. The van der Waals surface area contributed by atoms with Crippen LogP contribution in [0.5, 0.6) is 5.75 Å². The largest absolute Gasteiger partial charge is 0.495 e. The summed E-state index contributed by atoms with van der Waals surface area (Å²) in [6.07, 6.45) is 0. The average molecular weight is 289 g/mol. The van der Waals surface area contributed by atoms with E-state index in [-0.39, 0.29) is 5.92 Å². The fourth-order valence-electron chi connectivity index (χ4n) is 2.83. The van der Waals surface area contributed by atoms with Crippen molar-refractivity contribution in [3.63, 3.8) is 0 Å². The Kier molecular flexibility index (Phi) is 4.10. The van der Waals surface area contributed by atoms with Gasteiger partial charge in [-0.1, -0.05) is 72.8 Å². The smallest absolute Gasteiger partial charge is 0.142 e. The third-order valence-electron chi connectivity index (χ3n) is 3.90. The van der Waals surface area contributed by atoms with Gasteiger partial charge >= 0.3 is 0 Å². The highest BCUT2D eigenvalue weighted by molar-refractivity contribution is 5.63. The number of rotatable bonds is 4. The minimum Gasteiger partial charge on any atom is -0.495 e. The van der Waals surface area contributed by atoms with Crippen LogP contribution in [0.1, 0.15) is 22.6 Å². The molecule has 0 fully saturated rings. The van der Waals surface area contributed by atoms with Gasteiger partial charge in [0.25, 0.3) is 0 Å². The highest BCUT2D eigenvalue weighted by atomic mass is 16.5. The monoisotopic (exact) mass is 289 g/mol. The summed E-state index contributed by atoms with van der Waals surface area (Å²) in [5, 5.41) is 0. The van der Waals surface area contributed by atoms with E-state index >= 15 is 0 Å². The number of nitrogen functional groups attached to an aromatic ring is 1. The SMILES string of the molecule is COc1cccc(C(c2ccccc2)c2ccccc2)c1N. The number of hydrogen-bond donors (Lipinski definition) is 1. The second kappa shape index (κ2) is 6.35. The van der Waals surface area contributed by atoms with Crippen molar-refractivity contribution < 1.29 is 4.74 Å².